The predicted molar refractivity (Wildman–Crippen MR) is 120 cm³/mol. The fourth-order valence-corrected chi connectivity index (χ4v) is 5.09. The Bertz CT molecular complexity index is 1330. The number of carbonyl (C=O) groups excluding carboxylic acids is 2. The van der Waals surface area contributed by atoms with E-state index < -0.39 is 15.9 Å². The van der Waals surface area contributed by atoms with Crippen molar-refractivity contribution in [3.63, 3.8) is 0 Å². The molecule has 1 saturated carbocycles. The van der Waals surface area contributed by atoms with E-state index in [0.29, 0.717) is 17.4 Å². The molecule has 33 heavy (non-hydrogen) atoms. The molecule has 1 aliphatic heterocycles. The molecule has 2 amide bonds. The minimum atomic E-state index is -3.89. The quantitative estimate of drug-likeness (QED) is 0.506. The van der Waals surface area contributed by atoms with Gasteiger partial charge in [0.2, 0.25) is 15.9 Å². The smallest absolute Gasteiger partial charge is 0.255 e. The van der Waals surface area contributed by atoms with Gasteiger partial charge in [-0.05, 0) is 43.2 Å². The van der Waals surface area contributed by atoms with Crippen LogP contribution in [0.5, 0.6) is 0 Å². The Morgan fingerprint density at radius 1 is 1.12 bits per heavy atom. The van der Waals surface area contributed by atoms with Gasteiger partial charge >= 0.3 is 0 Å². The van der Waals surface area contributed by atoms with Crippen LogP contribution < -0.4 is 10.6 Å². The molecule has 1 aliphatic carbocycles. The largest absolute Gasteiger partial charge is 0.354 e. The lowest BCUT2D eigenvalue weighted by Crippen LogP contribution is -2.49. The number of rotatable bonds is 6. The number of carbonyl (C=O) groups is 2. The lowest BCUT2D eigenvalue weighted by molar-refractivity contribution is -0.122. The van der Waals surface area contributed by atoms with Crippen molar-refractivity contribution in [3.05, 3.63) is 59.9 Å². The van der Waals surface area contributed by atoms with Crippen LogP contribution >= 0.6 is 0 Å². The number of hydrogen-bond acceptors (Lipinski definition) is 6. The molecule has 2 aliphatic rings. The molecule has 1 aromatic heterocycles. The predicted octanol–water partition coefficient (Wildman–Crippen LogP) is 1.72. The van der Waals surface area contributed by atoms with Crippen LogP contribution in [-0.4, -0.2) is 59.4 Å². The van der Waals surface area contributed by atoms with E-state index in [1.54, 1.807) is 18.2 Å². The Labute approximate surface area is 190 Å². The summed E-state index contributed by atoms with van der Waals surface area (Å²) in [5.74, 6) is 1.09. The third-order valence-corrected chi connectivity index (χ3v) is 7.42. The topological polar surface area (TPSA) is 137 Å². The maximum Gasteiger partial charge on any atom is 0.255 e. The lowest BCUT2D eigenvalue weighted by Gasteiger charge is -2.26. The Balaban J connectivity index is 1.33. The van der Waals surface area contributed by atoms with Gasteiger partial charge in [0.1, 0.15) is 5.82 Å². The highest BCUT2D eigenvalue weighted by Crippen LogP contribution is 2.38. The summed E-state index contributed by atoms with van der Waals surface area (Å²) in [7, 11) is -3.89. The van der Waals surface area contributed by atoms with E-state index >= 15 is 0 Å². The zero-order valence-electron chi connectivity index (χ0n) is 17.6. The first-order chi connectivity index (χ1) is 15.9. The molecular formula is C22H22N6O4S. The number of piperazine rings is 1. The van der Waals surface area contributed by atoms with Crippen LogP contribution in [-0.2, 0) is 14.8 Å². The number of H-pyrrole nitrogens is 1. The zero-order valence-corrected chi connectivity index (χ0v) is 18.4. The van der Waals surface area contributed by atoms with Crippen molar-refractivity contribution in [1.29, 1.82) is 0 Å². The number of anilines is 1. The fraction of sp³-hybridized carbons (Fsp3) is 0.273. The van der Waals surface area contributed by atoms with E-state index in [1.165, 1.54) is 24.3 Å². The highest BCUT2D eigenvalue weighted by atomic mass is 32.2. The highest BCUT2D eigenvalue weighted by molar-refractivity contribution is 7.89. The first-order valence-corrected chi connectivity index (χ1v) is 12.1. The third-order valence-electron chi connectivity index (χ3n) is 5.58. The maximum atomic E-state index is 12.9. The average molecular weight is 467 g/mol. The minimum absolute atomic E-state index is 0.0353. The summed E-state index contributed by atoms with van der Waals surface area (Å²) in [6, 6.07) is 12.9. The normalized spacial score (nSPS) is 16.9. The Morgan fingerprint density at radius 3 is 2.73 bits per heavy atom. The number of nitrogens with one attached hydrogen (secondary N) is 3. The van der Waals surface area contributed by atoms with Crippen molar-refractivity contribution < 1.29 is 18.0 Å². The van der Waals surface area contributed by atoms with Crippen LogP contribution in [0.1, 0.15) is 34.9 Å². The van der Waals surface area contributed by atoms with Gasteiger partial charge < -0.3 is 10.6 Å². The summed E-state index contributed by atoms with van der Waals surface area (Å²) in [6.07, 6.45) is 2.23. The van der Waals surface area contributed by atoms with Crippen molar-refractivity contribution in [1.82, 2.24) is 24.8 Å². The van der Waals surface area contributed by atoms with Crippen LogP contribution in [0.2, 0.25) is 0 Å². The molecule has 0 spiro atoms. The maximum absolute atomic E-state index is 12.9. The van der Waals surface area contributed by atoms with E-state index in [9.17, 15) is 18.0 Å². The molecule has 0 bridgehead atoms. The van der Waals surface area contributed by atoms with Gasteiger partial charge in [0.05, 0.1) is 11.4 Å². The summed E-state index contributed by atoms with van der Waals surface area (Å²) in [6.45, 7) is 0.192. The van der Waals surface area contributed by atoms with Gasteiger partial charge in [-0.25, -0.2) is 13.4 Å². The molecule has 170 valence electrons. The summed E-state index contributed by atoms with van der Waals surface area (Å²) in [4.78, 5) is 29.0. The first kappa shape index (κ1) is 21.3. The molecule has 0 unspecified atom stereocenters. The SMILES string of the molecule is O=C1CN(S(=O)(=O)c2cccc(C(=O)Nc3cccc(-c4n[nH]c(C5CC5)n4)c3)c2)CCN1. The zero-order chi connectivity index (χ0) is 23.0. The monoisotopic (exact) mass is 466 g/mol. The van der Waals surface area contributed by atoms with Crippen LogP contribution in [0.15, 0.2) is 53.4 Å². The third kappa shape index (κ3) is 4.50. The molecule has 10 nitrogen and oxygen atoms in total. The summed E-state index contributed by atoms with van der Waals surface area (Å²) in [5, 5.41) is 12.6. The Kier molecular flexibility index (Phi) is 5.43. The van der Waals surface area contributed by atoms with Crippen LogP contribution in [0, 0.1) is 0 Å². The second kappa shape index (κ2) is 8.41. The molecule has 0 atom stereocenters. The van der Waals surface area contributed by atoms with Crippen LogP contribution in [0.4, 0.5) is 5.69 Å². The number of aromatic amines is 1. The van der Waals surface area contributed by atoms with Crippen LogP contribution in [0.25, 0.3) is 11.4 Å². The standard InChI is InChI=1S/C22H22N6O4S/c29-19-13-28(10-9-23-19)33(31,32)18-6-2-4-16(12-18)22(30)24-17-5-1-3-15(11-17)21-25-20(26-27-21)14-7-8-14/h1-6,11-12,14H,7-10,13H2,(H,23,29)(H,24,30)(H,25,26,27). The van der Waals surface area contributed by atoms with E-state index in [1.807, 2.05) is 6.07 Å². The second-order valence-electron chi connectivity index (χ2n) is 8.07. The minimum Gasteiger partial charge on any atom is -0.354 e. The van der Waals surface area contributed by atoms with Gasteiger partial charge in [0.25, 0.3) is 5.91 Å². The average Bonchev–Trinajstić information content (AvgIpc) is 3.55. The van der Waals surface area contributed by atoms with Gasteiger partial charge in [0.15, 0.2) is 5.82 Å². The molecule has 2 heterocycles. The van der Waals surface area contributed by atoms with Gasteiger partial charge in [-0.15, -0.1) is 0 Å². The molecule has 3 N–H and O–H groups in total. The molecule has 0 radical (unpaired) electrons. The molecule has 2 fully saturated rings. The number of sulfonamides is 1. The number of hydrogen-bond donors (Lipinski definition) is 3. The van der Waals surface area contributed by atoms with Crippen molar-refractivity contribution in [3.8, 4) is 11.4 Å². The van der Waals surface area contributed by atoms with Crippen molar-refractivity contribution >= 4 is 27.5 Å². The number of amides is 2. The molecule has 2 aromatic carbocycles. The second-order valence-corrected chi connectivity index (χ2v) is 10.0. The van der Waals surface area contributed by atoms with Crippen LogP contribution in [0.3, 0.4) is 0 Å². The molecule has 5 rings (SSSR count). The van der Waals surface area contributed by atoms with Crippen molar-refractivity contribution in [2.24, 2.45) is 0 Å². The van der Waals surface area contributed by atoms with E-state index in [2.05, 4.69) is 25.8 Å². The molecule has 1 saturated heterocycles. The highest BCUT2D eigenvalue weighted by Gasteiger charge is 2.30. The van der Waals surface area contributed by atoms with E-state index in [0.717, 1.165) is 28.5 Å². The lowest BCUT2D eigenvalue weighted by atomic mass is 10.1. The molecule has 11 heteroatoms. The molecule has 3 aromatic rings. The summed E-state index contributed by atoms with van der Waals surface area (Å²) >= 11 is 0. The number of benzene rings is 2. The summed E-state index contributed by atoms with van der Waals surface area (Å²) < 4.78 is 26.9. The molecular weight excluding hydrogens is 444 g/mol. The van der Waals surface area contributed by atoms with Gasteiger partial charge in [-0.2, -0.15) is 9.40 Å². The van der Waals surface area contributed by atoms with E-state index in [4.69, 9.17) is 0 Å². The fourth-order valence-electron chi connectivity index (χ4n) is 3.65. The van der Waals surface area contributed by atoms with Crippen molar-refractivity contribution in [2.45, 2.75) is 23.7 Å². The van der Waals surface area contributed by atoms with E-state index in [-0.39, 0.29) is 36.0 Å². The summed E-state index contributed by atoms with van der Waals surface area (Å²) in [5.41, 5.74) is 1.49. The Morgan fingerprint density at radius 2 is 1.94 bits per heavy atom. The van der Waals surface area contributed by atoms with Crippen molar-refractivity contribution in [2.75, 3.05) is 25.0 Å². The first-order valence-electron chi connectivity index (χ1n) is 10.6. The Hall–Kier alpha value is -3.57. The van der Waals surface area contributed by atoms with Gasteiger partial charge in [0, 0.05) is 35.8 Å². The number of nitrogens with zero attached hydrogens (tertiary/aromatic N) is 3. The number of aromatic nitrogens is 3. The van der Waals surface area contributed by atoms with Gasteiger partial charge in [-0.1, -0.05) is 18.2 Å². The van der Waals surface area contributed by atoms with Gasteiger partial charge in [-0.3, -0.25) is 14.7 Å².